The highest BCUT2D eigenvalue weighted by Crippen LogP contribution is 2.15. The van der Waals surface area contributed by atoms with Crippen molar-refractivity contribution in [2.45, 2.75) is 26.2 Å². The van der Waals surface area contributed by atoms with Crippen molar-refractivity contribution in [1.29, 1.82) is 0 Å². The molecule has 1 aromatic heterocycles. The van der Waals surface area contributed by atoms with Crippen molar-refractivity contribution in [3.05, 3.63) is 23.9 Å². The van der Waals surface area contributed by atoms with Gasteiger partial charge in [-0.15, -0.1) is 0 Å². The Morgan fingerprint density at radius 3 is 3.00 bits per heavy atom. The molecule has 1 aromatic rings. The number of ether oxygens (including phenoxy) is 1. The highest BCUT2D eigenvalue weighted by Gasteiger charge is 2.15. The monoisotopic (exact) mass is 277 g/mol. The lowest BCUT2D eigenvalue weighted by Gasteiger charge is -2.09. The van der Waals surface area contributed by atoms with E-state index < -0.39 is 0 Å². The van der Waals surface area contributed by atoms with Gasteiger partial charge in [0.1, 0.15) is 5.82 Å². The van der Waals surface area contributed by atoms with Crippen molar-refractivity contribution in [2.24, 2.45) is 5.92 Å². The number of rotatable bonds is 7. The van der Waals surface area contributed by atoms with Gasteiger partial charge in [-0.3, -0.25) is 4.79 Å². The summed E-state index contributed by atoms with van der Waals surface area (Å²) in [5.74, 6) is 1.35. The summed E-state index contributed by atoms with van der Waals surface area (Å²) in [5, 5.41) is 6.12. The zero-order chi connectivity index (χ0) is 14.2. The molecule has 0 aliphatic carbocycles. The van der Waals surface area contributed by atoms with E-state index in [9.17, 15) is 4.79 Å². The second kappa shape index (κ2) is 7.85. The standard InChI is InChI=1S/C15H23N3O2/c1-2-7-16-14-4-3-13(10-18-14)15(19)17-8-5-12-6-9-20-11-12/h3-4,10,12H,2,5-9,11H2,1H3,(H,16,18)(H,17,19). The summed E-state index contributed by atoms with van der Waals surface area (Å²) in [5.41, 5.74) is 0.606. The molecule has 0 bridgehead atoms. The fourth-order valence-electron chi connectivity index (χ4n) is 2.19. The van der Waals surface area contributed by atoms with E-state index in [1.54, 1.807) is 12.3 Å². The molecule has 1 atom stereocenters. The van der Waals surface area contributed by atoms with Gasteiger partial charge in [0.25, 0.3) is 5.91 Å². The van der Waals surface area contributed by atoms with Crippen molar-refractivity contribution in [3.8, 4) is 0 Å². The maximum atomic E-state index is 11.9. The van der Waals surface area contributed by atoms with Gasteiger partial charge in [0.2, 0.25) is 0 Å². The van der Waals surface area contributed by atoms with Gasteiger partial charge in [-0.05, 0) is 37.3 Å². The number of nitrogens with one attached hydrogen (secondary N) is 2. The predicted octanol–water partition coefficient (Wildman–Crippen LogP) is 2.06. The predicted molar refractivity (Wildman–Crippen MR) is 78.9 cm³/mol. The minimum absolute atomic E-state index is 0.0570. The fraction of sp³-hybridized carbons (Fsp3) is 0.600. The maximum Gasteiger partial charge on any atom is 0.252 e. The summed E-state index contributed by atoms with van der Waals surface area (Å²) in [6.07, 6.45) is 4.76. The highest BCUT2D eigenvalue weighted by atomic mass is 16.5. The first kappa shape index (κ1) is 14.8. The Morgan fingerprint density at radius 2 is 2.35 bits per heavy atom. The molecule has 1 aliphatic heterocycles. The van der Waals surface area contributed by atoms with Gasteiger partial charge in [-0.2, -0.15) is 0 Å². The van der Waals surface area contributed by atoms with Crippen LogP contribution in [0.25, 0.3) is 0 Å². The number of anilines is 1. The Balaban J connectivity index is 1.73. The Kier molecular flexibility index (Phi) is 5.80. The summed E-state index contributed by atoms with van der Waals surface area (Å²) in [6.45, 7) is 5.37. The van der Waals surface area contributed by atoms with E-state index in [4.69, 9.17) is 4.74 Å². The van der Waals surface area contributed by atoms with E-state index in [0.717, 1.165) is 44.8 Å². The molecule has 2 heterocycles. The second-order valence-corrected chi connectivity index (χ2v) is 5.13. The normalized spacial score (nSPS) is 17.9. The van der Waals surface area contributed by atoms with E-state index in [1.807, 2.05) is 6.07 Å². The van der Waals surface area contributed by atoms with Gasteiger partial charge >= 0.3 is 0 Å². The first-order chi connectivity index (χ1) is 9.79. The van der Waals surface area contributed by atoms with E-state index in [-0.39, 0.29) is 5.91 Å². The molecule has 2 N–H and O–H groups in total. The Labute approximate surface area is 120 Å². The van der Waals surface area contributed by atoms with Crippen LogP contribution in [0.15, 0.2) is 18.3 Å². The van der Waals surface area contributed by atoms with Crippen molar-refractivity contribution in [1.82, 2.24) is 10.3 Å². The van der Waals surface area contributed by atoms with Crippen LogP contribution < -0.4 is 10.6 Å². The SMILES string of the molecule is CCCNc1ccc(C(=O)NCCC2CCOC2)cn1. The van der Waals surface area contributed by atoms with Crippen LogP contribution in [0.2, 0.25) is 0 Å². The lowest BCUT2D eigenvalue weighted by molar-refractivity contribution is 0.0950. The Bertz CT molecular complexity index is 414. The van der Waals surface area contributed by atoms with Crippen LogP contribution in [-0.2, 0) is 4.74 Å². The number of aromatic nitrogens is 1. The van der Waals surface area contributed by atoms with Crippen LogP contribution in [0.5, 0.6) is 0 Å². The molecule has 1 aliphatic rings. The molecule has 1 fully saturated rings. The Morgan fingerprint density at radius 1 is 1.45 bits per heavy atom. The van der Waals surface area contributed by atoms with Crippen LogP contribution in [-0.4, -0.2) is 37.2 Å². The number of pyridine rings is 1. The highest BCUT2D eigenvalue weighted by molar-refractivity contribution is 5.94. The molecule has 0 aromatic carbocycles. The number of nitrogens with zero attached hydrogens (tertiary/aromatic N) is 1. The van der Waals surface area contributed by atoms with Gasteiger partial charge < -0.3 is 15.4 Å². The quantitative estimate of drug-likeness (QED) is 0.801. The van der Waals surface area contributed by atoms with Crippen LogP contribution >= 0.6 is 0 Å². The van der Waals surface area contributed by atoms with Crippen molar-refractivity contribution in [2.75, 3.05) is 31.6 Å². The van der Waals surface area contributed by atoms with Crippen LogP contribution in [0, 0.1) is 5.92 Å². The van der Waals surface area contributed by atoms with E-state index >= 15 is 0 Å². The van der Waals surface area contributed by atoms with Gasteiger partial charge in [0.05, 0.1) is 5.56 Å². The lowest BCUT2D eigenvalue weighted by Crippen LogP contribution is -2.26. The maximum absolute atomic E-state index is 11.9. The van der Waals surface area contributed by atoms with E-state index in [1.165, 1.54) is 0 Å². The number of hydrogen-bond acceptors (Lipinski definition) is 4. The minimum atomic E-state index is -0.0570. The molecule has 20 heavy (non-hydrogen) atoms. The summed E-state index contributed by atoms with van der Waals surface area (Å²) in [7, 11) is 0. The fourth-order valence-corrected chi connectivity index (χ4v) is 2.19. The summed E-state index contributed by atoms with van der Waals surface area (Å²) >= 11 is 0. The molecule has 0 saturated carbocycles. The molecule has 1 unspecified atom stereocenters. The third-order valence-electron chi connectivity index (χ3n) is 3.44. The molecule has 0 spiro atoms. The third-order valence-corrected chi connectivity index (χ3v) is 3.44. The van der Waals surface area contributed by atoms with E-state index in [0.29, 0.717) is 18.0 Å². The van der Waals surface area contributed by atoms with Crippen molar-refractivity contribution >= 4 is 11.7 Å². The number of amides is 1. The first-order valence-electron chi connectivity index (χ1n) is 7.35. The number of carbonyl (C=O) groups excluding carboxylic acids is 1. The zero-order valence-corrected chi connectivity index (χ0v) is 12.0. The molecule has 5 heteroatoms. The smallest absolute Gasteiger partial charge is 0.252 e. The minimum Gasteiger partial charge on any atom is -0.381 e. The zero-order valence-electron chi connectivity index (χ0n) is 12.0. The van der Waals surface area contributed by atoms with Gasteiger partial charge in [0.15, 0.2) is 0 Å². The van der Waals surface area contributed by atoms with Crippen LogP contribution in [0.3, 0.4) is 0 Å². The molecular formula is C15H23N3O2. The summed E-state index contributed by atoms with van der Waals surface area (Å²) in [4.78, 5) is 16.2. The average molecular weight is 277 g/mol. The Hall–Kier alpha value is -1.62. The van der Waals surface area contributed by atoms with Crippen molar-refractivity contribution < 1.29 is 9.53 Å². The van der Waals surface area contributed by atoms with Gasteiger partial charge in [-0.25, -0.2) is 4.98 Å². The van der Waals surface area contributed by atoms with Gasteiger partial charge in [-0.1, -0.05) is 6.92 Å². The molecule has 1 amide bonds. The third kappa shape index (κ3) is 4.49. The molecule has 5 nitrogen and oxygen atoms in total. The lowest BCUT2D eigenvalue weighted by atomic mass is 10.1. The molecule has 1 saturated heterocycles. The molecular weight excluding hydrogens is 254 g/mol. The first-order valence-corrected chi connectivity index (χ1v) is 7.35. The summed E-state index contributed by atoms with van der Waals surface area (Å²) in [6, 6.07) is 3.65. The molecule has 2 rings (SSSR count). The van der Waals surface area contributed by atoms with E-state index in [2.05, 4.69) is 22.5 Å². The topological polar surface area (TPSA) is 63.2 Å². The second-order valence-electron chi connectivity index (χ2n) is 5.13. The number of carbonyl (C=O) groups is 1. The molecule has 0 radical (unpaired) electrons. The summed E-state index contributed by atoms with van der Waals surface area (Å²) < 4.78 is 5.31. The van der Waals surface area contributed by atoms with Crippen LogP contribution in [0.4, 0.5) is 5.82 Å². The largest absolute Gasteiger partial charge is 0.381 e. The van der Waals surface area contributed by atoms with Crippen LogP contribution in [0.1, 0.15) is 36.5 Å². The van der Waals surface area contributed by atoms with Crippen molar-refractivity contribution in [3.63, 3.8) is 0 Å². The van der Waals surface area contributed by atoms with Gasteiger partial charge in [0, 0.05) is 32.5 Å². The average Bonchev–Trinajstić information content (AvgIpc) is 2.99. The number of hydrogen-bond donors (Lipinski definition) is 2. The molecule has 110 valence electrons.